The summed E-state index contributed by atoms with van der Waals surface area (Å²) in [6, 6.07) is 10.7. The van der Waals surface area contributed by atoms with Crippen LogP contribution in [-0.4, -0.2) is 34.2 Å². The molecule has 0 aliphatic rings. The Morgan fingerprint density at radius 2 is 1.88 bits per heavy atom. The maximum Gasteiger partial charge on any atom is 0.426 e. The van der Waals surface area contributed by atoms with Crippen LogP contribution in [0.15, 0.2) is 36.4 Å². The van der Waals surface area contributed by atoms with E-state index in [0.717, 1.165) is 11.3 Å². The molecule has 1 aromatic heterocycles. The van der Waals surface area contributed by atoms with Gasteiger partial charge in [-0.1, -0.05) is 30.3 Å². The highest BCUT2D eigenvalue weighted by Gasteiger charge is 2.12. The lowest BCUT2D eigenvalue weighted by Crippen LogP contribution is -2.46. The number of hydrazine groups is 1. The van der Waals surface area contributed by atoms with E-state index in [2.05, 4.69) is 21.3 Å². The second-order valence-corrected chi connectivity index (χ2v) is 5.21. The fourth-order valence-electron chi connectivity index (χ4n) is 1.85. The molecule has 9 heteroatoms. The average molecular weight is 345 g/mol. The molecule has 9 nitrogen and oxygen atoms in total. The van der Waals surface area contributed by atoms with Gasteiger partial charge in [-0.15, -0.1) is 0 Å². The van der Waals surface area contributed by atoms with Crippen LogP contribution in [0.5, 0.6) is 0 Å². The third kappa shape index (κ3) is 5.65. The van der Waals surface area contributed by atoms with Gasteiger partial charge in [0.25, 0.3) is 11.8 Å². The van der Waals surface area contributed by atoms with Crippen LogP contribution in [0.2, 0.25) is 0 Å². The lowest BCUT2D eigenvalue weighted by Gasteiger charge is -2.08. The molecule has 0 atom stereocenters. The molecule has 0 saturated carbocycles. The van der Waals surface area contributed by atoms with E-state index in [1.165, 1.54) is 0 Å². The van der Waals surface area contributed by atoms with Gasteiger partial charge in [0.1, 0.15) is 12.3 Å². The van der Waals surface area contributed by atoms with E-state index in [9.17, 15) is 14.4 Å². The van der Waals surface area contributed by atoms with E-state index in [0.29, 0.717) is 0 Å². The normalized spacial score (nSPS) is 10.0. The first-order chi connectivity index (χ1) is 12.0. The highest BCUT2D eigenvalue weighted by molar-refractivity contribution is 5.95. The second kappa shape index (κ2) is 8.48. The summed E-state index contributed by atoms with van der Waals surface area (Å²) in [6.07, 6.45) is -0.802. The van der Waals surface area contributed by atoms with E-state index in [-0.39, 0.29) is 18.8 Å². The Morgan fingerprint density at radius 3 is 2.52 bits per heavy atom. The van der Waals surface area contributed by atoms with Gasteiger partial charge >= 0.3 is 6.09 Å². The topological polar surface area (TPSA) is 114 Å². The molecule has 0 spiro atoms. The van der Waals surface area contributed by atoms with Crippen molar-refractivity contribution in [2.24, 2.45) is 7.05 Å². The zero-order valence-electron chi connectivity index (χ0n) is 13.9. The Kier molecular flexibility index (Phi) is 6.10. The largest absolute Gasteiger partial charge is 0.443 e. The van der Waals surface area contributed by atoms with E-state index in [1.807, 2.05) is 25.1 Å². The first-order valence-corrected chi connectivity index (χ1v) is 7.50. The first kappa shape index (κ1) is 18.0. The fraction of sp³-hybridized carbons (Fsp3) is 0.250. The number of aromatic nitrogens is 2. The number of ether oxygens (including phenoxy) is 1. The highest BCUT2D eigenvalue weighted by Crippen LogP contribution is 2.01. The number of hydrogen-bond acceptors (Lipinski definition) is 5. The summed E-state index contributed by atoms with van der Waals surface area (Å²) in [5.74, 6) is -1.08. The summed E-state index contributed by atoms with van der Waals surface area (Å²) in [6.45, 7) is 1.58. The van der Waals surface area contributed by atoms with E-state index < -0.39 is 17.9 Å². The molecule has 0 aliphatic carbocycles. The van der Waals surface area contributed by atoms with E-state index in [1.54, 1.807) is 29.9 Å². The van der Waals surface area contributed by atoms with E-state index >= 15 is 0 Å². The minimum atomic E-state index is -0.802. The SMILES string of the molecule is Cc1cc(C(=O)NCC(=O)NNC(=O)OCc2ccccc2)nn1C. The lowest BCUT2D eigenvalue weighted by molar-refractivity contribution is -0.121. The number of hydrogen-bond donors (Lipinski definition) is 3. The molecule has 132 valence electrons. The van der Waals surface area contributed by atoms with Gasteiger partial charge in [0.15, 0.2) is 0 Å². The third-order valence-corrected chi connectivity index (χ3v) is 3.27. The number of benzene rings is 1. The Hall–Kier alpha value is -3.36. The maximum absolute atomic E-state index is 11.8. The van der Waals surface area contributed by atoms with Crippen LogP contribution in [0.25, 0.3) is 0 Å². The minimum Gasteiger partial charge on any atom is -0.443 e. The van der Waals surface area contributed by atoms with E-state index in [4.69, 9.17) is 4.74 Å². The van der Waals surface area contributed by atoms with Gasteiger partial charge in [0.2, 0.25) is 0 Å². The zero-order chi connectivity index (χ0) is 18.2. The number of aryl methyl sites for hydroxylation is 2. The first-order valence-electron chi connectivity index (χ1n) is 7.50. The monoisotopic (exact) mass is 345 g/mol. The molecule has 1 heterocycles. The summed E-state index contributed by atoms with van der Waals surface area (Å²) in [5.41, 5.74) is 6.09. The smallest absolute Gasteiger partial charge is 0.426 e. The zero-order valence-corrected chi connectivity index (χ0v) is 13.9. The van der Waals surface area contributed by atoms with Crippen molar-refractivity contribution in [3.8, 4) is 0 Å². The van der Waals surface area contributed by atoms with Crippen LogP contribution < -0.4 is 16.2 Å². The molecule has 1 aromatic carbocycles. The van der Waals surface area contributed by atoms with Crippen molar-refractivity contribution >= 4 is 17.9 Å². The van der Waals surface area contributed by atoms with Gasteiger partial charge in [-0.05, 0) is 18.6 Å². The number of nitrogens with zero attached hydrogens (tertiary/aromatic N) is 2. The van der Waals surface area contributed by atoms with Crippen molar-refractivity contribution in [3.05, 3.63) is 53.3 Å². The van der Waals surface area contributed by atoms with Crippen molar-refractivity contribution in [3.63, 3.8) is 0 Å². The van der Waals surface area contributed by atoms with Crippen LogP contribution in [0.1, 0.15) is 21.7 Å². The predicted octanol–water partition coefficient (Wildman–Crippen LogP) is 0.416. The van der Waals surface area contributed by atoms with Crippen molar-refractivity contribution in [2.75, 3.05) is 6.54 Å². The Morgan fingerprint density at radius 1 is 1.16 bits per heavy atom. The maximum atomic E-state index is 11.8. The van der Waals surface area contributed by atoms with Gasteiger partial charge < -0.3 is 10.1 Å². The van der Waals surface area contributed by atoms with Crippen molar-refractivity contribution in [1.82, 2.24) is 25.9 Å². The number of rotatable bonds is 5. The molecule has 0 unspecified atom stereocenters. The fourth-order valence-corrected chi connectivity index (χ4v) is 1.85. The summed E-state index contributed by atoms with van der Waals surface area (Å²) in [4.78, 5) is 34.9. The molecule has 0 aliphatic heterocycles. The molecule has 2 aromatic rings. The molecule has 2 rings (SSSR count). The van der Waals surface area contributed by atoms with Crippen LogP contribution in [0.3, 0.4) is 0 Å². The van der Waals surface area contributed by atoms with Crippen LogP contribution >= 0.6 is 0 Å². The molecule has 25 heavy (non-hydrogen) atoms. The second-order valence-electron chi connectivity index (χ2n) is 5.21. The Labute approximate surface area is 144 Å². The Balaban J connectivity index is 1.66. The average Bonchev–Trinajstić information content (AvgIpc) is 2.96. The van der Waals surface area contributed by atoms with Crippen LogP contribution in [-0.2, 0) is 23.2 Å². The molecule has 0 bridgehead atoms. The highest BCUT2D eigenvalue weighted by atomic mass is 16.6. The molecule has 0 fully saturated rings. The number of amides is 3. The van der Waals surface area contributed by atoms with Crippen molar-refractivity contribution < 1.29 is 19.1 Å². The molecular weight excluding hydrogens is 326 g/mol. The van der Waals surface area contributed by atoms with Gasteiger partial charge in [-0.25, -0.2) is 10.2 Å². The summed E-state index contributed by atoms with van der Waals surface area (Å²) < 4.78 is 6.48. The quantitative estimate of drug-likeness (QED) is 0.679. The van der Waals surface area contributed by atoms with Crippen molar-refractivity contribution in [1.29, 1.82) is 0 Å². The molecular formula is C16H19N5O4. The van der Waals surface area contributed by atoms with Crippen LogP contribution in [0, 0.1) is 6.92 Å². The summed E-state index contributed by atoms with van der Waals surface area (Å²) >= 11 is 0. The molecule has 3 amide bonds. The number of carbonyl (C=O) groups excluding carboxylic acids is 3. The van der Waals surface area contributed by atoms with Gasteiger partial charge in [-0.3, -0.25) is 19.7 Å². The molecule has 3 N–H and O–H groups in total. The minimum absolute atomic E-state index is 0.0817. The lowest BCUT2D eigenvalue weighted by atomic mass is 10.2. The van der Waals surface area contributed by atoms with Crippen molar-refractivity contribution in [2.45, 2.75) is 13.5 Å². The standard InChI is InChI=1S/C16H19N5O4/c1-11-8-13(20-21(11)2)15(23)17-9-14(22)18-19-16(24)25-10-12-6-4-3-5-7-12/h3-8H,9-10H2,1-2H3,(H,17,23)(H,18,22)(H,19,24). The van der Waals surface area contributed by atoms with Crippen LogP contribution in [0.4, 0.5) is 4.79 Å². The van der Waals surface area contributed by atoms with Gasteiger partial charge in [-0.2, -0.15) is 5.10 Å². The summed E-state index contributed by atoms with van der Waals surface area (Å²) in [5, 5.41) is 6.40. The number of nitrogens with one attached hydrogen (secondary N) is 3. The summed E-state index contributed by atoms with van der Waals surface area (Å²) in [7, 11) is 1.71. The molecule has 0 saturated heterocycles. The molecule has 0 radical (unpaired) electrons. The van der Waals surface area contributed by atoms with Gasteiger partial charge in [0, 0.05) is 12.7 Å². The number of carbonyl (C=O) groups is 3. The Bertz CT molecular complexity index is 738. The van der Waals surface area contributed by atoms with Gasteiger partial charge in [0.05, 0.1) is 6.54 Å². The predicted molar refractivity (Wildman–Crippen MR) is 88.2 cm³/mol. The third-order valence-electron chi connectivity index (χ3n) is 3.27.